The molecule has 0 bridgehead atoms. The number of unbranched alkanes of at least 4 members (excludes halogenated alkanes) is 5. The fourth-order valence-electron chi connectivity index (χ4n) is 8.25. The maximum atomic E-state index is 12.4. The average molecular weight is 1090 g/mol. The minimum atomic E-state index is -1.51. The zero-order chi connectivity index (χ0) is 56.9. The van der Waals surface area contributed by atoms with Crippen molar-refractivity contribution in [3.05, 3.63) is 29.8 Å². The molecule has 1 aliphatic rings. The van der Waals surface area contributed by atoms with E-state index in [4.69, 9.17) is 5.11 Å². The molecule has 0 aliphatic carbocycles. The summed E-state index contributed by atoms with van der Waals surface area (Å²) in [5.41, 5.74) is 1.44. The zero-order valence-electron chi connectivity index (χ0n) is 43.6. The van der Waals surface area contributed by atoms with Crippen LogP contribution in [0.15, 0.2) is 24.3 Å². The molecular weight excluding hydrogens is 1010 g/mol. The molecule has 3 amide bonds. The maximum Gasteiger partial charge on any atom is 0.326 e. The molecule has 77 heavy (non-hydrogen) atoms. The second-order valence-electron chi connectivity index (χ2n) is 18.8. The molecule has 2 heterocycles. The van der Waals surface area contributed by atoms with E-state index in [1.165, 1.54) is 0 Å². The highest BCUT2D eigenvalue weighted by molar-refractivity contribution is 5.86. The summed E-state index contributed by atoms with van der Waals surface area (Å²) < 4.78 is 0. The molecule has 1 aromatic carbocycles. The van der Waals surface area contributed by atoms with E-state index in [9.17, 15) is 73.8 Å². The number of carboxylic acid groups (broad SMARTS) is 7. The van der Waals surface area contributed by atoms with E-state index in [0.29, 0.717) is 62.8 Å². The first-order chi connectivity index (χ1) is 36.6. The van der Waals surface area contributed by atoms with E-state index >= 15 is 0 Å². The topological polar surface area (TPSA) is 410 Å². The lowest BCUT2D eigenvalue weighted by Gasteiger charge is -2.37. The number of aromatic nitrogens is 3. The standard InChI is InChI=1S/C48H75N13O16/c1-57(2)47-55-45(50-19-8-5-3-4-6-11-37(62)49-18-9-7-10-35(43(73)74)52-48(77)53-36(44(75)76)16-17-38(63)64)54-46(56-47)51-33-14-12-32(13-15-33)26-34-27-60(30-41(69)70)23-22-58(28-39(65)66)20-21-59(29-40(67)68)24-25-61(34)31-42(71)72/h12-15,34-36H,3-11,16-31H2,1-2H3,(H,49,62)(H,63,64)(H,65,66)(H,67,68)(H,69,70)(H,71,72)(H,73,74)(H,75,76)(H2,52,53,77)(H2,50,51,54,55,56)/t34?,35-,36-/m0/s1. The molecule has 2 aromatic rings. The summed E-state index contributed by atoms with van der Waals surface area (Å²) in [5, 5.41) is 79.9. The monoisotopic (exact) mass is 1090 g/mol. The van der Waals surface area contributed by atoms with Gasteiger partial charge in [0.25, 0.3) is 0 Å². The Morgan fingerprint density at radius 3 is 1.66 bits per heavy atom. The van der Waals surface area contributed by atoms with Gasteiger partial charge in [0.15, 0.2) is 0 Å². The molecule has 29 heteroatoms. The second-order valence-corrected chi connectivity index (χ2v) is 18.8. The summed E-state index contributed by atoms with van der Waals surface area (Å²) in [7, 11) is 3.58. The number of carboxylic acids is 7. The van der Waals surface area contributed by atoms with E-state index in [0.717, 1.165) is 31.2 Å². The predicted molar refractivity (Wildman–Crippen MR) is 277 cm³/mol. The van der Waals surface area contributed by atoms with Gasteiger partial charge < -0.3 is 67.2 Å². The molecule has 3 rings (SSSR count). The number of aliphatic carboxylic acids is 7. The van der Waals surface area contributed by atoms with Crippen LogP contribution in [0.5, 0.6) is 0 Å². The highest BCUT2D eigenvalue weighted by Gasteiger charge is 2.29. The number of amides is 3. The number of anilines is 4. The van der Waals surface area contributed by atoms with Crippen molar-refractivity contribution in [3.63, 3.8) is 0 Å². The van der Waals surface area contributed by atoms with Gasteiger partial charge in [0.2, 0.25) is 23.8 Å². The number of carbonyl (C=O) groups is 9. The first kappa shape index (κ1) is 63.8. The number of hydrogen-bond acceptors (Lipinski definition) is 19. The molecule has 1 unspecified atom stereocenters. The summed E-state index contributed by atoms with van der Waals surface area (Å²) in [5.74, 6) is -7.55. The van der Waals surface area contributed by atoms with Gasteiger partial charge in [-0.05, 0) is 62.6 Å². The Balaban J connectivity index is 1.50. The van der Waals surface area contributed by atoms with Gasteiger partial charge in [-0.25, -0.2) is 14.4 Å². The lowest BCUT2D eigenvalue weighted by Crippen LogP contribution is -2.53. The quantitative estimate of drug-likeness (QED) is 0.0418. The van der Waals surface area contributed by atoms with Crippen LogP contribution in [-0.2, 0) is 44.8 Å². The van der Waals surface area contributed by atoms with Crippen LogP contribution < -0.4 is 31.5 Å². The molecule has 428 valence electrons. The van der Waals surface area contributed by atoms with Gasteiger partial charge in [0, 0.05) is 97.6 Å². The third kappa shape index (κ3) is 27.2. The van der Waals surface area contributed by atoms with Crippen LogP contribution in [-0.4, -0.2) is 241 Å². The second kappa shape index (κ2) is 34.2. The van der Waals surface area contributed by atoms with E-state index in [1.807, 2.05) is 12.1 Å². The van der Waals surface area contributed by atoms with Gasteiger partial charge in [-0.1, -0.05) is 31.4 Å². The Labute approximate surface area is 445 Å². The Morgan fingerprint density at radius 2 is 1.09 bits per heavy atom. The number of benzene rings is 1. The van der Waals surface area contributed by atoms with Crippen LogP contribution in [0.25, 0.3) is 0 Å². The van der Waals surface area contributed by atoms with Crippen LogP contribution in [0.1, 0.15) is 76.2 Å². The van der Waals surface area contributed by atoms with E-state index in [2.05, 4.69) is 41.5 Å². The zero-order valence-corrected chi connectivity index (χ0v) is 43.6. The van der Waals surface area contributed by atoms with Gasteiger partial charge in [0.05, 0.1) is 26.2 Å². The number of urea groups is 1. The third-order valence-corrected chi connectivity index (χ3v) is 12.2. The maximum absolute atomic E-state index is 12.4. The highest BCUT2D eigenvalue weighted by Crippen LogP contribution is 2.20. The van der Waals surface area contributed by atoms with Crippen LogP contribution in [0.4, 0.5) is 28.3 Å². The van der Waals surface area contributed by atoms with Gasteiger partial charge in [0.1, 0.15) is 12.1 Å². The van der Waals surface area contributed by atoms with Gasteiger partial charge in [-0.3, -0.25) is 48.4 Å². The summed E-state index contributed by atoms with van der Waals surface area (Å²) >= 11 is 0. The normalized spacial score (nSPS) is 15.8. The minimum absolute atomic E-state index is 0.0182. The highest BCUT2D eigenvalue weighted by atomic mass is 16.4. The van der Waals surface area contributed by atoms with Crippen LogP contribution >= 0.6 is 0 Å². The molecular formula is C48H75N13O16. The number of nitrogens with one attached hydrogen (secondary N) is 5. The average Bonchev–Trinajstić information content (AvgIpc) is 3.34. The van der Waals surface area contributed by atoms with Crippen molar-refractivity contribution < 1.29 is 78.9 Å². The number of nitrogens with zero attached hydrogens (tertiary/aromatic N) is 8. The lowest BCUT2D eigenvalue weighted by molar-refractivity contribution is -0.142. The van der Waals surface area contributed by atoms with E-state index in [1.54, 1.807) is 50.7 Å². The molecule has 3 atom stereocenters. The Hall–Kier alpha value is -7.50. The summed E-state index contributed by atoms with van der Waals surface area (Å²) in [6.45, 7) is 0.679. The summed E-state index contributed by atoms with van der Waals surface area (Å²) in [6.07, 6.45) is 4.55. The number of hydrogen-bond donors (Lipinski definition) is 12. The van der Waals surface area contributed by atoms with E-state index < -0.39 is 72.4 Å². The molecule has 0 radical (unpaired) electrons. The van der Waals surface area contributed by atoms with Crippen molar-refractivity contribution in [1.29, 1.82) is 0 Å². The molecule has 0 saturated carbocycles. The number of carbonyl (C=O) groups excluding carboxylic acids is 2. The van der Waals surface area contributed by atoms with Gasteiger partial charge in [-0.15, -0.1) is 0 Å². The Bertz CT molecular complexity index is 2260. The largest absolute Gasteiger partial charge is 0.481 e. The van der Waals surface area contributed by atoms with Crippen molar-refractivity contribution in [2.45, 2.75) is 95.2 Å². The van der Waals surface area contributed by atoms with Crippen LogP contribution in [0, 0.1) is 0 Å². The van der Waals surface area contributed by atoms with E-state index in [-0.39, 0.29) is 96.7 Å². The first-order valence-electron chi connectivity index (χ1n) is 25.4. The lowest BCUT2D eigenvalue weighted by atomic mass is 10.0. The molecule has 12 N–H and O–H groups in total. The molecule has 1 aliphatic heterocycles. The predicted octanol–water partition coefficient (Wildman–Crippen LogP) is 0.262. The Morgan fingerprint density at radius 1 is 0.571 bits per heavy atom. The van der Waals surface area contributed by atoms with Gasteiger partial charge in [-0.2, -0.15) is 15.0 Å². The van der Waals surface area contributed by atoms with Crippen LogP contribution in [0.3, 0.4) is 0 Å². The van der Waals surface area contributed by atoms with Gasteiger partial charge >= 0.3 is 47.8 Å². The van der Waals surface area contributed by atoms with Crippen molar-refractivity contribution in [2.24, 2.45) is 0 Å². The third-order valence-electron chi connectivity index (χ3n) is 12.2. The number of rotatable bonds is 34. The molecule has 0 spiro atoms. The van der Waals surface area contributed by atoms with Crippen molar-refractivity contribution in [2.75, 3.05) is 115 Å². The van der Waals surface area contributed by atoms with Crippen LogP contribution in [0.2, 0.25) is 0 Å². The fraction of sp³-hybridized carbons (Fsp3) is 0.625. The summed E-state index contributed by atoms with van der Waals surface area (Å²) in [4.78, 5) is 128. The fourth-order valence-corrected chi connectivity index (χ4v) is 8.25. The molecule has 1 fully saturated rings. The SMILES string of the molecule is CN(C)c1nc(NCCCCCCCC(=O)NCCCC[C@H](NC(=O)N[C@@H](CCC(=O)O)C(=O)O)C(=O)O)nc(Nc2ccc(CC3CN(CC(=O)O)CCN(CC(=O)O)CCN(CC(=O)O)CCN3CC(=O)O)cc2)n1. The first-order valence-corrected chi connectivity index (χ1v) is 25.4. The molecule has 1 saturated heterocycles. The molecule has 29 nitrogen and oxygen atoms in total. The Kier molecular flexibility index (Phi) is 28.4. The van der Waals surface area contributed by atoms with Crippen molar-refractivity contribution in [1.82, 2.24) is 50.5 Å². The minimum Gasteiger partial charge on any atom is -0.481 e. The molecule has 1 aromatic heterocycles. The van der Waals surface area contributed by atoms with Crippen molar-refractivity contribution in [3.8, 4) is 0 Å². The smallest absolute Gasteiger partial charge is 0.326 e. The van der Waals surface area contributed by atoms with Crippen molar-refractivity contribution >= 4 is 77.3 Å². The summed E-state index contributed by atoms with van der Waals surface area (Å²) in [6, 6.07) is 2.89.